The molecule has 172 valence electrons. The fourth-order valence-corrected chi connectivity index (χ4v) is 3.67. The molecule has 2 heterocycles. The van der Waals surface area contributed by atoms with E-state index in [1.54, 1.807) is 13.2 Å². The minimum Gasteiger partial charge on any atom is -0.494 e. The van der Waals surface area contributed by atoms with Gasteiger partial charge in [0.1, 0.15) is 11.6 Å². The zero-order valence-corrected chi connectivity index (χ0v) is 19.3. The van der Waals surface area contributed by atoms with Gasteiger partial charge in [0, 0.05) is 64.5 Å². The molecule has 2 N–H and O–H groups in total. The normalized spacial score (nSPS) is 14.3. The zero-order valence-electron chi connectivity index (χ0n) is 19.3. The van der Waals surface area contributed by atoms with Gasteiger partial charge in [-0.1, -0.05) is 18.2 Å². The van der Waals surface area contributed by atoms with E-state index in [0.717, 1.165) is 43.3 Å². The van der Waals surface area contributed by atoms with Crippen LogP contribution in [0.5, 0.6) is 5.75 Å². The summed E-state index contributed by atoms with van der Waals surface area (Å²) < 4.78 is 5.74. The molecular formula is C24H34N6O2. The topological polar surface area (TPSA) is 82.1 Å². The molecule has 0 unspecified atom stereocenters. The highest BCUT2D eigenvalue weighted by molar-refractivity contribution is 5.81. The van der Waals surface area contributed by atoms with Gasteiger partial charge in [-0.15, -0.1) is 0 Å². The number of nitrogens with zero attached hydrogens (tertiary/aromatic N) is 4. The number of aryl methyl sites for hydroxylation is 1. The van der Waals surface area contributed by atoms with Crippen molar-refractivity contribution in [2.45, 2.75) is 26.8 Å². The summed E-state index contributed by atoms with van der Waals surface area (Å²) in [6, 6.07) is 12.1. The Morgan fingerprint density at radius 2 is 1.97 bits per heavy atom. The van der Waals surface area contributed by atoms with Gasteiger partial charge in [0.25, 0.3) is 0 Å². The predicted octanol–water partition coefficient (Wildman–Crippen LogP) is 2.19. The monoisotopic (exact) mass is 438 g/mol. The van der Waals surface area contributed by atoms with E-state index in [1.165, 1.54) is 5.56 Å². The molecule has 0 spiro atoms. The largest absolute Gasteiger partial charge is 0.494 e. The molecule has 32 heavy (non-hydrogen) atoms. The van der Waals surface area contributed by atoms with Crippen molar-refractivity contribution in [2.24, 2.45) is 4.99 Å². The summed E-state index contributed by atoms with van der Waals surface area (Å²) in [7, 11) is 1.73. The Morgan fingerprint density at radius 3 is 2.66 bits per heavy atom. The highest BCUT2D eigenvalue weighted by Crippen LogP contribution is 2.20. The first-order valence-corrected chi connectivity index (χ1v) is 11.2. The Bertz CT molecular complexity index is 895. The van der Waals surface area contributed by atoms with Gasteiger partial charge in [-0.2, -0.15) is 0 Å². The van der Waals surface area contributed by atoms with Crippen molar-refractivity contribution in [3.63, 3.8) is 0 Å². The molecule has 0 bridgehead atoms. The second kappa shape index (κ2) is 11.9. The predicted molar refractivity (Wildman–Crippen MR) is 128 cm³/mol. The van der Waals surface area contributed by atoms with Crippen LogP contribution in [0.15, 0.2) is 47.6 Å². The molecule has 0 atom stereocenters. The molecule has 0 saturated carbocycles. The average Bonchev–Trinajstić information content (AvgIpc) is 2.83. The highest BCUT2D eigenvalue weighted by Gasteiger charge is 2.21. The molecule has 1 aliphatic heterocycles. The summed E-state index contributed by atoms with van der Waals surface area (Å²) in [5.74, 6) is 2.68. The van der Waals surface area contributed by atoms with E-state index in [9.17, 15) is 4.79 Å². The number of hydrogen-bond donors (Lipinski definition) is 2. The highest BCUT2D eigenvalue weighted by atomic mass is 16.5. The minimum absolute atomic E-state index is 0.158. The summed E-state index contributed by atoms with van der Waals surface area (Å²) in [6.45, 7) is 8.83. The lowest BCUT2D eigenvalue weighted by Crippen LogP contribution is -2.49. The molecule has 3 rings (SSSR count). The molecule has 0 aliphatic carbocycles. The van der Waals surface area contributed by atoms with Crippen molar-refractivity contribution in [3.8, 4) is 5.75 Å². The fourth-order valence-electron chi connectivity index (χ4n) is 3.67. The van der Waals surface area contributed by atoms with Crippen LogP contribution in [-0.4, -0.2) is 68.1 Å². The number of guanidine groups is 1. The molecule has 1 aliphatic rings. The third kappa shape index (κ3) is 6.60. The number of ether oxygens (including phenoxy) is 1. The van der Waals surface area contributed by atoms with Crippen LogP contribution in [0.1, 0.15) is 24.5 Å². The van der Waals surface area contributed by atoms with Gasteiger partial charge < -0.3 is 25.2 Å². The van der Waals surface area contributed by atoms with Crippen LogP contribution in [0.2, 0.25) is 0 Å². The van der Waals surface area contributed by atoms with Crippen molar-refractivity contribution in [1.29, 1.82) is 0 Å². The van der Waals surface area contributed by atoms with Gasteiger partial charge in [0.2, 0.25) is 5.91 Å². The summed E-state index contributed by atoms with van der Waals surface area (Å²) in [6.07, 6.45) is 2.23. The molecule has 1 fully saturated rings. The number of rotatable bonds is 8. The van der Waals surface area contributed by atoms with Crippen LogP contribution in [0, 0.1) is 6.92 Å². The number of aliphatic imine (C=N–C) groups is 1. The zero-order chi connectivity index (χ0) is 22.8. The van der Waals surface area contributed by atoms with Crippen molar-refractivity contribution in [1.82, 2.24) is 20.5 Å². The van der Waals surface area contributed by atoms with Gasteiger partial charge in [-0.3, -0.25) is 9.79 Å². The van der Waals surface area contributed by atoms with Crippen LogP contribution in [0.3, 0.4) is 0 Å². The van der Waals surface area contributed by atoms with Crippen molar-refractivity contribution in [2.75, 3.05) is 51.3 Å². The summed E-state index contributed by atoms with van der Waals surface area (Å²) in [5.41, 5.74) is 2.24. The van der Waals surface area contributed by atoms with Gasteiger partial charge in [-0.25, -0.2) is 4.98 Å². The smallest absolute Gasteiger partial charge is 0.224 e. The van der Waals surface area contributed by atoms with E-state index in [-0.39, 0.29) is 5.91 Å². The number of anilines is 1. The van der Waals surface area contributed by atoms with Crippen LogP contribution in [-0.2, 0) is 11.3 Å². The Labute approximate surface area is 190 Å². The molecule has 1 aromatic carbocycles. The SMILES string of the molecule is CCOc1cc(C)ccc1CNC(=NC)NCCC(=O)N1CCN(c2ccccn2)CC1. The number of aromatic nitrogens is 1. The first-order chi connectivity index (χ1) is 15.6. The van der Waals surface area contributed by atoms with Crippen LogP contribution < -0.4 is 20.3 Å². The number of carbonyl (C=O) groups is 1. The van der Waals surface area contributed by atoms with Crippen molar-refractivity contribution in [3.05, 3.63) is 53.7 Å². The van der Waals surface area contributed by atoms with Gasteiger partial charge in [0.05, 0.1) is 6.61 Å². The number of hydrogen-bond acceptors (Lipinski definition) is 5. The minimum atomic E-state index is 0.158. The lowest BCUT2D eigenvalue weighted by Gasteiger charge is -2.35. The van der Waals surface area contributed by atoms with E-state index >= 15 is 0 Å². The van der Waals surface area contributed by atoms with Gasteiger partial charge in [0.15, 0.2) is 5.96 Å². The lowest BCUT2D eigenvalue weighted by molar-refractivity contribution is -0.131. The van der Waals surface area contributed by atoms with Crippen LogP contribution >= 0.6 is 0 Å². The fraction of sp³-hybridized carbons (Fsp3) is 0.458. The number of nitrogens with one attached hydrogen (secondary N) is 2. The third-order valence-corrected chi connectivity index (χ3v) is 5.43. The third-order valence-electron chi connectivity index (χ3n) is 5.43. The number of carbonyl (C=O) groups excluding carboxylic acids is 1. The number of piperazine rings is 1. The number of pyridine rings is 1. The summed E-state index contributed by atoms with van der Waals surface area (Å²) in [4.78, 5) is 25.4. The first kappa shape index (κ1) is 23.4. The summed E-state index contributed by atoms with van der Waals surface area (Å²) >= 11 is 0. The van der Waals surface area contributed by atoms with E-state index < -0.39 is 0 Å². The Kier molecular flexibility index (Phi) is 8.71. The summed E-state index contributed by atoms with van der Waals surface area (Å²) in [5, 5.41) is 6.54. The number of amides is 1. The van der Waals surface area contributed by atoms with E-state index in [4.69, 9.17) is 4.74 Å². The maximum atomic E-state index is 12.6. The quantitative estimate of drug-likeness (QED) is 0.486. The molecule has 8 heteroatoms. The second-order valence-electron chi connectivity index (χ2n) is 7.70. The Balaban J connectivity index is 1.40. The maximum absolute atomic E-state index is 12.6. The van der Waals surface area contributed by atoms with E-state index in [2.05, 4.69) is 44.6 Å². The van der Waals surface area contributed by atoms with Gasteiger partial charge >= 0.3 is 0 Å². The maximum Gasteiger partial charge on any atom is 0.224 e. The molecule has 1 aromatic heterocycles. The number of benzene rings is 1. The van der Waals surface area contributed by atoms with E-state index in [1.807, 2.05) is 36.1 Å². The molecule has 1 saturated heterocycles. The molecule has 8 nitrogen and oxygen atoms in total. The van der Waals surface area contributed by atoms with Crippen molar-refractivity contribution >= 4 is 17.7 Å². The first-order valence-electron chi connectivity index (χ1n) is 11.2. The van der Waals surface area contributed by atoms with Crippen LogP contribution in [0.25, 0.3) is 0 Å². The molecule has 0 radical (unpaired) electrons. The molecular weight excluding hydrogens is 404 g/mol. The second-order valence-corrected chi connectivity index (χ2v) is 7.70. The Morgan fingerprint density at radius 1 is 1.16 bits per heavy atom. The standard InChI is InChI=1S/C24H34N6O2/c1-4-32-21-17-19(2)8-9-20(21)18-28-24(25-3)27-12-10-23(31)30-15-13-29(14-16-30)22-7-5-6-11-26-22/h5-9,11,17H,4,10,12-16,18H2,1-3H3,(H2,25,27,28). The van der Waals surface area contributed by atoms with Crippen molar-refractivity contribution < 1.29 is 9.53 Å². The molecule has 2 aromatic rings. The van der Waals surface area contributed by atoms with E-state index in [0.29, 0.717) is 32.1 Å². The lowest BCUT2D eigenvalue weighted by atomic mass is 10.1. The van der Waals surface area contributed by atoms with Crippen LogP contribution in [0.4, 0.5) is 5.82 Å². The van der Waals surface area contributed by atoms with Gasteiger partial charge in [-0.05, 0) is 37.6 Å². The molecule has 1 amide bonds. The average molecular weight is 439 g/mol. The Hall–Kier alpha value is -3.29.